The van der Waals surface area contributed by atoms with Crippen molar-refractivity contribution in [2.45, 2.75) is 33.4 Å². The third-order valence-electron chi connectivity index (χ3n) is 3.01. The minimum absolute atomic E-state index is 0.200. The van der Waals surface area contributed by atoms with Crippen LogP contribution < -0.4 is 10.1 Å². The van der Waals surface area contributed by atoms with Gasteiger partial charge in [-0.05, 0) is 68.3 Å². The fraction of sp³-hybridized carbons (Fsp3) is 0.294. The molecule has 3 heteroatoms. The van der Waals surface area contributed by atoms with E-state index in [9.17, 15) is 0 Å². The Morgan fingerprint density at radius 2 is 1.80 bits per heavy atom. The van der Waals surface area contributed by atoms with Crippen LogP contribution in [0.3, 0.4) is 0 Å². The van der Waals surface area contributed by atoms with Gasteiger partial charge in [-0.3, -0.25) is 0 Å². The van der Waals surface area contributed by atoms with Crippen molar-refractivity contribution in [3.8, 4) is 5.75 Å². The van der Waals surface area contributed by atoms with Gasteiger partial charge >= 0.3 is 0 Å². The second-order valence-electron chi connectivity index (χ2n) is 5.12. The second-order valence-corrected chi connectivity index (χ2v) is 5.55. The normalized spacial score (nSPS) is 10.7. The van der Waals surface area contributed by atoms with E-state index in [4.69, 9.17) is 16.3 Å². The smallest absolute Gasteiger partial charge is 0.119 e. The van der Waals surface area contributed by atoms with Crippen LogP contribution in [0.1, 0.15) is 25.0 Å². The Hall–Kier alpha value is -1.67. The molecule has 0 aliphatic heterocycles. The molecule has 2 aromatic rings. The predicted molar refractivity (Wildman–Crippen MR) is 85.7 cm³/mol. The summed E-state index contributed by atoms with van der Waals surface area (Å²) >= 11 is 5.96. The SMILES string of the molecule is Cc1cc(Cl)ccc1CNc1ccc(OC(C)C)cc1. The Kier molecular flexibility index (Phi) is 4.91. The third kappa shape index (κ3) is 4.17. The molecule has 0 aromatic heterocycles. The molecule has 0 radical (unpaired) electrons. The fourth-order valence-corrected chi connectivity index (χ4v) is 2.21. The van der Waals surface area contributed by atoms with E-state index in [2.05, 4.69) is 18.3 Å². The molecule has 0 aliphatic rings. The first-order valence-electron chi connectivity index (χ1n) is 6.80. The number of benzene rings is 2. The van der Waals surface area contributed by atoms with Gasteiger partial charge in [-0.25, -0.2) is 0 Å². The van der Waals surface area contributed by atoms with Gasteiger partial charge in [0.2, 0.25) is 0 Å². The fourth-order valence-electron chi connectivity index (χ4n) is 1.98. The first-order valence-corrected chi connectivity index (χ1v) is 7.18. The van der Waals surface area contributed by atoms with Crippen LogP contribution >= 0.6 is 11.6 Å². The van der Waals surface area contributed by atoms with Gasteiger partial charge in [0.25, 0.3) is 0 Å². The van der Waals surface area contributed by atoms with Crippen LogP contribution in [0.4, 0.5) is 5.69 Å². The molecule has 0 amide bonds. The zero-order valence-corrected chi connectivity index (χ0v) is 12.9. The highest BCUT2D eigenvalue weighted by atomic mass is 35.5. The summed E-state index contributed by atoms with van der Waals surface area (Å²) < 4.78 is 5.62. The lowest BCUT2D eigenvalue weighted by Crippen LogP contribution is -2.05. The van der Waals surface area contributed by atoms with Crippen LogP contribution in [0.5, 0.6) is 5.75 Å². The lowest BCUT2D eigenvalue weighted by atomic mass is 10.1. The number of rotatable bonds is 5. The van der Waals surface area contributed by atoms with Gasteiger partial charge in [0.1, 0.15) is 5.75 Å². The Bertz CT molecular complexity index is 564. The van der Waals surface area contributed by atoms with Crippen LogP contribution in [0.2, 0.25) is 5.02 Å². The Labute approximate surface area is 125 Å². The van der Waals surface area contributed by atoms with E-state index in [1.165, 1.54) is 11.1 Å². The summed E-state index contributed by atoms with van der Waals surface area (Å²) in [5.41, 5.74) is 3.53. The maximum Gasteiger partial charge on any atom is 0.119 e. The molecule has 1 N–H and O–H groups in total. The van der Waals surface area contributed by atoms with Gasteiger partial charge in [-0.2, -0.15) is 0 Å². The third-order valence-corrected chi connectivity index (χ3v) is 3.25. The second kappa shape index (κ2) is 6.67. The van der Waals surface area contributed by atoms with Gasteiger partial charge in [-0.1, -0.05) is 17.7 Å². The molecule has 0 atom stereocenters. The number of anilines is 1. The molecule has 106 valence electrons. The van der Waals surface area contributed by atoms with Gasteiger partial charge in [0, 0.05) is 17.3 Å². The van der Waals surface area contributed by atoms with Crippen molar-refractivity contribution in [3.63, 3.8) is 0 Å². The first kappa shape index (κ1) is 14.7. The molecule has 2 rings (SSSR count). The van der Waals surface area contributed by atoms with Crippen LogP contribution in [-0.2, 0) is 6.54 Å². The molecular weight excluding hydrogens is 270 g/mol. The molecule has 0 saturated carbocycles. The molecule has 2 aromatic carbocycles. The molecule has 0 spiro atoms. The quantitative estimate of drug-likeness (QED) is 0.832. The van der Waals surface area contributed by atoms with Gasteiger partial charge in [-0.15, -0.1) is 0 Å². The lowest BCUT2D eigenvalue weighted by Gasteiger charge is -2.12. The summed E-state index contributed by atoms with van der Waals surface area (Å²) in [5, 5.41) is 4.18. The zero-order chi connectivity index (χ0) is 14.5. The van der Waals surface area contributed by atoms with E-state index >= 15 is 0 Å². The highest BCUT2D eigenvalue weighted by Gasteiger charge is 2.01. The topological polar surface area (TPSA) is 21.3 Å². The van der Waals surface area contributed by atoms with Crippen molar-refractivity contribution in [3.05, 3.63) is 58.6 Å². The molecule has 0 unspecified atom stereocenters. The maximum absolute atomic E-state index is 5.96. The van der Waals surface area contributed by atoms with Crippen molar-refractivity contribution < 1.29 is 4.74 Å². The summed E-state index contributed by atoms with van der Waals surface area (Å²) in [4.78, 5) is 0. The number of nitrogens with one attached hydrogen (secondary N) is 1. The van der Waals surface area contributed by atoms with Gasteiger partial charge in [0.15, 0.2) is 0 Å². The number of hydrogen-bond acceptors (Lipinski definition) is 2. The standard InChI is InChI=1S/C17H20ClNO/c1-12(2)20-17-8-6-16(7-9-17)19-11-14-4-5-15(18)10-13(14)3/h4-10,12,19H,11H2,1-3H3. The molecule has 2 nitrogen and oxygen atoms in total. The van der Waals surface area contributed by atoms with Crippen molar-refractivity contribution >= 4 is 17.3 Å². The van der Waals surface area contributed by atoms with Gasteiger partial charge in [0.05, 0.1) is 6.10 Å². The summed E-state index contributed by atoms with van der Waals surface area (Å²) in [6.45, 7) is 6.90. The maximum atomic E-state index is 5.96. The average molecular weight is 290 g/mol. The first-order chi connectivity index (χ1) is 9.54. The minimum Gasteiger partial charge on any atom is -0.491 e. The molecular formula is C17H20ClNO. The predicted octanol–water partition coefficient (Wildman–Crippen LogP) is 5.05. The number of halogens is 1. The monoisotopic (exact) mass is 289 g/mol. The van der Waals surface area contributed by atoms with Crippen LogP contribution in [0.15, 0.2) is 42.5 Å². The molecule has 0 bridgehead atoms. The molecule has 0 aliphatic carbocycles. The minimum atomic E-state index is 0.200. The molecule has 20 heavy (non-hydrogen) atoms. The number of ether oxygens (including phenoxy) is 1. The number of hydrogen-bond donors (Lipinski definition) is 1. The van der Waals surface area contributed by atoms with E-state index in [0.717, 1.165) is 23.0 Å². The highest BCUT2D eigenvalue weighted by molar-refractivity contribution is 6.30. The Morgan fingerprint density at radius 3 is 2.40 bits per heavy atom. The van der Waals surface area contributed by atoms with Crippen molar-refractivity contribution in [2.24, 2.45) is 0 Å². The summed E-state index contributed by atoms with van der Waals surface area (Å²) in [6.07, 6.45) is 0.200. The van der Waals surface area contributed by atoms with E-state index in [0.29, 0.717) is 0 Å². The summed E-state index contributed by atoms with van der Waals surface area (Å²) in [7, 11) is 0. The molecule has 0 fully saturated rings. The van der Waals surface area contributed by atoms with Crippen LogP contribution in [0.25, 0.3) is 0 Å². The van der Waals surface area contributed by atoms with E-state index < -0.39 is 0 Å². The molecule has 0 saturated heterocycles. The van der Waals surface area contributed by atoms with Crippen molar-refractivity contribution in [1.29, 1.82) is 0 Å². The van der Waals surface area contributed by atoms with E-state index in [-0.39, 0.29) is 6.10 Å². The molecule has 0 heterocycles. The summed E-state index contributed by atoms with van der Waals surface area (Å²) in [6, 6.07) is 14.0. The van der Waals surface area contributed by atoms with Crippen molar-refractivity contribution in [2.75, 3.05) is 5.32 Å². The lowest BCUT2D eigenvalue weighted by molar-refractivity contribution is 0.242. The van der Waals surface area contributed by atoms with Crippen LogP contribution in [-0.4, -0.2) is 6.10 Å². The largest absolute Gasteiger partial charge is 0.491 e. The number of aryl methyl sites for hydroxylation is 1. The Balaban J connectivity index is 1.96. The van der Waals surface area contributed by atoms with E-state index in [1.54, 1.807) is 0 Å². The average Bonchev–Trinajstić information content (AvgIpc) is 2.39. The van der Waals surface area contributed by atoms with Crippen molar-refractivity contribution in [1.82, 2.24) is 0 Å². The van der Waals surface area contributed by atoms with Crippen LogP contribution in [0, 0.1) is 6.92 Å². The summed E-state index contributed by atoms with van der Waals surface area (Å²) in [5.74, 6) is 0.897. The highest BCUT2D eigenvalue weighted by Crippen LogP contribution is 2.19. The van der Waals surface area contributed by atoms with E-state index in [1.807, 2.05) is 50.2 Å². The zero-order valence-electron chi connectivity index (χ0n) is 12.1. The Morgan fingerprint density at radius 1 is 1.10 bits per heavy atom. The van der Waals surface area contributed by atoms with Gasteiger partial charge < -0.3 is 10.1 Å².